The lowest BCUT2D eigenvalue weighted by Gasteiger charge is -2.17. The summed E-state index contributed by atoms with van der Waals surface area (Å²) in [6.45, 7) is 0.156. The minimum atomic E-state index is -4.67. The number of halogens is 4. The molecule has 3 aromatic rings. The first-order chi connectivity index (χ1) is 14.7. The van der Waals surface area contributed by atoms with E-state index in [1.807, 2.05) is 0 Å². The molecule has 0 aromatic heterocycles. The zero-order valence-corrected chi connectivity index (χ0v) is 16.6. The van der Waals surface area contributed by atoms with Crippen molar-refractivity contribution in [3.8, 4) is 11.1 Å². The average molecular weight is 446 g/mol. The van der Waals surface area contributed by atoms with Gasteiger partial charge in [0.25, 0.3) is 5.91 Å². The smallest absolute Gasteiger partial charge is 0.348 e. The molecule has 158 valence electrons. The largest absolute Gasteiger partial charge is 0.417 e. The lowest BCUT2D eigenvalue weighted by atomic mass is 9.93. The van der Waals surface area contributed by atoms with Crippen LogP contribution < -0.4 is 16.0 Å². The summed E-state index contributed by atoms with van der Waals surface area (Å²) in [5.74, 6) is -0.318. The first-order valence-electron chi connectivity index (χ1n) is 9.17. The van der Waals surface area contributed by atoms with Gasteiger partial charge in [-0.15, -0.1) is 0 Å². The summed E-state index contributed by atoms with van der Waals surface area (Å²) >= 11 is 5.86. The molecule has 4 rings (SSSR count). The van der Waals surface area contributed by atoms with E-state index < -0.39 is 17.8 Å². The van der Waals surface area contributed by atoms with Crippen LogP contribution in [-0.4, -0.2) is 11.9 Å². The Hall–Kier alpha value is -3.52. The number of benzene rings is 3. The fraction of sp³-hybridized carbons (Fsp3) is 0.0909. The van der Waals surface area contributed by atoms with Gasteiger partial charge in [0, 0.05) is 28.5 Å². The van der Waals surface area contributed by atoms with Gasteiger partial charge in [0.15, 0.2) is 0 Å². The van der Waals surface area contributed by atoms with Gasteiger partial charge in [0.1, 0.15) is 0 Å². The van der Waals surface area contributed by atoms with Crippen LogP contribution in [0.15, 0.2) is 60.7 Å². The molecule has 1 aliphatic rings. The van der Waals surface area contributed by atoms with Crippen LogP contribution in [0.5, 0.6) is 0 Å². The van der Waals surface area contributed by atoms with Gasteiger partial charge in [-0.1, -0.05) is 35.9 Å². The number of alkyl halides is 3. The van der Waals surface area contributed by atoms with E-state index in [0.29, 0.717) is 27.4 Å². The summed E-state index contributed by atoms with van der Waals surface area (Å²) in [4.78, 5) is 24.1. The highest BCUT2D eigenvalue weighted by Gasteiger charge is 2.35. The maximum Gasteiger partial charge on any atom is 0.417 e. The van der Waals surface area contributed by atoms with Crippen LogP contribution in [0.25, 0.3) is 11.1 Å². The van der Waals surface area contributed by atoms with E-state index in [9.17, 15) is 22.8 Å². The highest BCUT2D eigenvalue weighted by molar-refractivity contribution is 6.30. The molecule has 3 N–H and O–H groups in total. The second-order valence-electron chi connectivity index (χ2n) is 6.86. The lowest BCUT2D eigenvalue weighted by molar-refractivity contribution is -0.137. The third kappa shape index (κ3) is 4.34. The Morgan fingerprint density at radius 3 is 2.29 bits per heavy atom. The van der Waals surface area contributed by atoms with E-state index in [2.05, 4.69) is 16.0 Å². The molecule has 0 unspecified atom stereocenters. The van der Waals surface area contributed by atoms with E-state index in [1.165, 1.54) is 18.2 Å². The number of fused-ring (bicyclic) bond motifs is 1. The highest BCUT2D eigenvalue weighted by Crippen LogP contribution is 2.41. The molecule has 0 radical (unpaired) electrons. The van der Waals surface area contributed by atoms with Crippen LogP contribution in [0.3, 0.4) is 0 Å². The Kier molecular flexibility index (Phi) is 5.32. The molecule has 0 saturated carbocycles. The topological polar surface area (TPSA) is 70.2 Å². The van der Waals surface area contributed by atoms with Crippen LogP contribution in [0, 0.1) is 0 Å². The summed E-state index contributed by atoms with van der Waals surface area (Å²) in [5, 5.41) is 7.94. The first kappa shape index (κ1) is 20.7. The highest BCUT2D eigenvalue weighted by atomic mass is 35.5. The van der Waals surface area contributed by atoms with Crippen molar-refractivity contribution in [3.63, 3.8) is 0 Å². The number of amides is 3. The molecule has 1 heterocycles. The van der Waals surface area contributed by atoms with Crippen molar-refractivity contribution in [1.29, 1.82) is 0 Å². The molecule has 0 fully saturated rings. The summed E-state index contributed by atoms with van der Waals surface area (Å²) in [6.07, 6.45) is -4.67. The van der Waals surface area contributed by atoms with Crippen LogP contribution in [0.2, 0.25) is 5.02 Å². The number of nitrogens with one attached hydrogen (secondary N) is 3. The third-order valence-corrected chi connectivity index (χ3v) is 5.04. The van der Waals surface area contributed by atoms with Crippen molar-refractivity contribution in [2.75, 3.05) is 10.6 Å². The molecular weight excluding hydrogens is 431 g/mol. The molecule has 0 saturated heterocycles. The van der Waals surface area contributed by atoms with Crippen molar-refractivity contribution in [3.05, 3.63) is 82.4 Å². The third-order valence-electron chi connectivity index (χ3n) is 4.80. The molecule has 3 aromatic carbocycles. The number of carbonyl (C=O) groups excluding carboxylic acids is 2. The molecule has 0 aliphatic carbocycles. The molecule has 31 heavy (non-hydrogen) atoms. The Morgan fingerprint density at radius 2 is 1.58 bits per heavy atom. The van der Waals surface area contributed by atoms with Crippen LogP contribution in [-0.2, 0) is 12.7 Å². The number of anilines is 2. The van der Waals surface area contributed by atoms with Crippen molar-refractivity contribution in [2.24, 2.45) is 0 Å². The molecule has 0 atom stereocenters. The molecular formula is C22H15ClF3N3O2. The van der Waals surface area contributed by atoms with E-state index in [0.717, 1.165) is 6.07 Å². The van der Waals surface area contributed by atoms with Gasteiger partial charge < -0.3 is 16.0 Å². The lowest BCUT2D eigenvalue weighted by Crippen LogP contribution is -2.20. The Balaban J connectivity index is 1.66. The number of urea groups is 1. The molecule has 1 aliphatic heterocycles. The fourth-order valence-electron chi connectivity index (χ4n) is 3.46. The van der Waals surface area contributed by atoms with Crippen molar-refractivity contribution in [2.45, 2.75) is 12.7 Å². The normalized spacial score (nSPS) is 12.8. The minimum absolute atomic E-state index is 0.0302. The van der Waals surface area contributed by atoms with Crippen molar-refractivity contribution >= 4 is 34.9 Å². The fourth-order valence-corrected chi connectivity index (χ4v) is 3.65. The van der Waals surface area contributed by atoms with E-state index in [-0.39, 0.29) is 23.7 Å². The molecule has 3 amide bonds. The summed E-state index contributed by atoms with van der Waals surface area (Å²) in [5.41, 5.74) is 0.568. The minimum Gasteiger partial charge on any atom is -0.348 e. The van der Waals surface area contributed by atoms with Gasteiger partial charge in [0.2, 0.25) is 0 Å². The van der Waals surface area contributed by atoms with Gasteiger partial charge in [0.05, 0.1) is 5.56 Å². The molecule has 0 bridgehead atoms. The van der Waals surface area contributed by atoms with Crippen molar-refractivity contribution < 1.29 is 22.8 Å². The van der Waals surface area contributed by atoms with Gasteiger partial charge in [-0.3, -0.25) is 4.79 Å². The van der Waals surface area contributed by atoms with Gasteiger partial charge >= 0.3 is 12.2 Å². The van der Waals surface area contributed by atoms with Gasteiger partial charge in [-0.05, 0) is 53.1 Å². The first-order valence-corrected chi connectivity index (χ1v) is 9.55. The average Bonchev–Trinajstić information content (AvgIpc) is 3.08. The zero-order valence-electron chi connectivity index (χ0n) is 15.8. The predicted molar refractivity (Wildman–Crippen MR) is 112 cm³/mol. The molecule has 0 spiro atoms. The monoisotopic (exact) mass is 445 g/mol. The molecule has 9 heteroatoms. The van der Waals surface area contributed by atoms with E-state index >= 15 is 0 Å². The standard InChI is InChI=1S/C22H15ClF3N3O2/c23-12-3-1-4-13(9-12)28-21(31)29-14-7-8-16(19(10-14)22(24,25)26)15-5-2-6-17-18(15)11-27-20(17)30/h1-10H,11H2,(H,27,30)(H2,28,29,31). The quantitative estimate of drug-likeness (QED) is 0.469. The maximum atomic E-state index is 13.8. The second-order valence-corrected chi connectivity index (χ2v) is 7.30. The Labute approximate surface area is 180 Å². The number of carbonyl (C=O) groups is 2. The molecule has 5 nitrogen and oxygen atoms in total. The summed E-state index contributed by atoms with van der Waals surface area (Å²) in [7, 11) is 0. The van der Waals surface area contributed by atoms with E-state index in [4.69, 9.17) is 11.6 Å². The van der Waals surface area contributed by atoms with E-state index in [1.54, 1.807) is 36.4 Å². The number of hydrogen-bond acceptors (Lipinski definition) is 2. The van der Waals surface area contributed by atoms with Gasteiger partial charge in [-0.25, -0.2) is 4.79 Å². The Morgan fingerprint density at radius 1 is 0.903 bits per heavy atom. The summed E-state index contributed by atoms with van der Waals surface area (Å²) in [6, 6.07) is 13.9. The zero-order chi connectivity index (χ0) is 22.2. The Bertz CT molecular complexity index is 1190. The number of hydrogen-bond donors (Lipinski definition) is 3. The maximum absolute atomic E-state index is 13.8. The summed E-state index contributed by atoms with van der Waals surface area (Å²) < 4.78 is 41.5. The van der Waals surface area contributed by atoms with Crippen molar-refractivity contribution in [1.82, 2.24) is 5.32 Å². The SMILES string of the molecule is O=C(Nc1cccc(Cl)c1)Nc1ccc(-c2cccc3c2CNC3=O)c(C(F)(F)F)c1. The predicted octanol–water partition coefficient (Wildman–Crippen LogP) is 5.91. The second kappa shape index (κ2) is 7.96. The van der Waals surface area contributed by atoms with Crippen LogP contribution >= 0.6 is 11.6 Å². The number of rotatable bonds is 3. The van der Waals surface area contributed by atoms with Gasteiger partial charge in [-0.2, -0.15) is 13.2 Å². The van der Waals surface area contributed by atoms with Crippen LogP contribution in [0.4, 0.5) is 29.3 Å². The van der Waals surface area contributed by atoms with Crippen LogP contribution in [0.1, 0.15) is 21.5 Å².